The van der Waals surface area contributed by atoms with Crippen LogP contribution in [0.4, 0.5) is 0 Å². The van der Waals surface area contributed by atoms with Gasteiger partial charge < -0.3 is 9.47 Å². The van der Waals surface area contributed by atoms with Crippen molar-refractivity contribution in [3.63, 3.8) is 0 Å². The van der Waals surface area contributed by atoms with Crippen molar-refractivity contribution in [2.75, 3.05) is 20.3 Å². The van der Waals surface area contributed by atoms with Gasteiger partial charge in [-0.15, -0.1) is 0 Å². The van der Waals surface area contributed by atoms with Gasteiger partial charge >= 0.3 is 5.97 Å². The summed E-state index contributed by atoms with van der Waals surface area (Å²) in [5.41, 5.74) is 0. The summed E-state index contributed by atoms with van der Waals surface area (Å²) < 4.78 is 9.56. The molecule has 0 aromatic rings. The number of hydrogen-bond donors (Lipinski definition) is 0. The molecule has 1 saturated heterocycles. The quantitative estimate of drug-likeness (QED) is 0.437. The summed E-state index contributed by atoms with van der Waals surface area (Å²) in [7, 11) is 1.37. The van der Waals surface area contributed by atoms with Crippen LogP contribution in [-0.4, -0.2) is 26.3 Å². The second kappa shape index (κ2) is 4.13. The summed E-state index contributed by atoms with van der Waals surface area (Å²) in [6, 6.07) is 0. The monoisotopic (exact) mass is 156 g/mol. The van der Waals surface area contributed by atoms with Crippen molar-refractivity contribution in [3.05, 3.63) is 12.2 Å². The Hall–Kier alpha value is -0.830. The van der Waals surface area contributed by atoms with E-state index in [9.17, 15) is 4.79 Å². The van der Waals surface area contributed by atoms with Gasteiger partial charge in [0.1, 0.15) is 0 Å². The molecule has 1 rings (SSSR count). The van der Waals surface area contributed by atoms with Crippen LogP contribution in [0, 0.1) is 5.92 Å². The first kappa shape index (κ1) is 8.27. The Kier molecular flexibility index (Phi) is 3.11. The van der Waals surface area contributed by atoms with Gasteiger partial charge in [-0.3, -0.25) is 0 Å². The first-order valence-electron chi connectivity index (χ1n) is 3.67. The highest BCUT2D eigenvalue weighted by molar-refractivity contribution is 5.81. The smallest absolute Gasteiger partial charge is 0.330 e. The average molecular weight is 156 g/mol. The van der Waals surface area contributed by atoms with Gasteiger partial charge in [-0.05, 0) is 6.42 Å². The van der Waals surface area contributed by atoms with Crippen LogP contribution in [0.1, 0.15) is 6.42 Å². The molecule has 0 N–H and O–H groups in total. The Bertz CT molecular complexity index is 157. The molecule has 0 spiro atoms. The molecule has 0 aromatic carbocycles. The molecule has 0 radical (unpaired) electrons. The van der Waals surface area contributed by atoms with Crippen LogP contribution in [0.3, 0.4) is 0 Å². The van der Waals surface area contributed by atoms with Gasteiger partial charge in [0.15, 0.2) is 0 Å². The highest BCUT2D eigenvalue weighted by Crippen LogP contribution is 2.12. The molecule has 0 aliphatic carbocycles. The summed E-state index contributed by atoms with van der Waals surface area (Å²) in [5, 5.41) is 0. The summed E-state index contributed by atoms with van der Waals surface area (Å²) in [6.07, 6.45) is 4.31. The number of ether oxygens (including phenoxy) is 2. The molecule has 0 aromatic heterocycles. The third-order valence-electron chi connectivity index (χ3n) is 1.67. The van der Waals surface area contributed by atoms with Gasteiger partial charge in [-0.2, -0.15) is 0 Å². The highest BCUT2D eigenvalue weighted by Gasteiger charge is 2.11. The number of carbonyl (C=O) groups is 1. The maximum absolute atomic E-state index is 10.6. The highest BCUT2D eigenvalue weighted by atomic mass is 16.5. The predicted octanol–water partition coefficient (Wildman–Crippen LogP) is 0.752. The van der Waals surface area contributed by atoms with Crippen LogP contribution in [0.2, 0.25) is 0 Å². The fraction of sp³-hybridized carbons (Fsp3) is 0.625. The lowest BCUT2D eigenvalue weighted by Gasteiger charge is -1.96. The molecule has 0 bridgehead atoms. The minimum absolute atomic E-state index is 0.295. The molecule has 1 fully saturated rings. The first-order chi connectivity index (χ1) is 5.33. The van der Waals surface area contributed by atoms with Crippen molar-refractivity contribution >= 4 is 5.97 Å². The molecule has 3 nitrogen and oxygen atoms in total. The van der Waals surface area contributed by atoms with E-state index in [2.05, 4.69) is 4.74 Å². The topological polar surface area (TPSA) is 35.5 Å². The van der Waals surface area contributed by atoms with Crippen LogP contribution >= 0.6 is 0 Å². The lowest BCUT2D eigenvalue weighted by atomic mass is 10.1. The first-order valence-corrected chi connectivity index (χ1v) is 3.67. The Balaban J connectivity index is 2.27. The van der Waals surface area contributed by atoms with Crippen LogP contribution < -0.4 is 0 Å². The minimum Gasteiger partial charge on any atom is -0.466 e. The van der Waals surface area contributed by atoms with Crippen molar-refractivity contribution < 1.29 is 14.3 Å². The maximum atomic E-state index is 10.6. The molecule has 1 atom stereocenters. The average Bonchev–Trinajstić information content (AvgIpc) is 2.52. The fourth-order valence-electron chi connectivity index (χ4n) is 0.987. The minimum atomic E-state index is -0.295. The van der Waals surface area contributed by atoms with Crippen molar-refractivity contribution in [2.24, 2.45) is 5.92 Å². The van der Waals surface area contributed by atoms with Crippen LogP contribution in [-0.2, 0) is 14.3 Å². The predicted molar refractivity (Wildman–Crippen MR) is 40.1 cm³/mol. The summed E-state index contributed by atoms with van der Waals surface area (Å²) in [5.74, 6) is 0.103. The van der Waals surface area contributed by atoms with Crippen molar-refractivity contribution in [3.8, 4) is 0 Å². The molecule has 0 amide bonds. The van der Waals surface area contributed by atoms with E-state index >= 15 is 0 Å². The molecule has 11 heavy (non-hydrogen) atoms. The number of rotatable bonds is 2. The third-order valence-corrected chi connectivity index (χ3v) is 1.67. The van der Waals surface area contributed by atoms with Crippen molar-refractivity contribution in [1.29, 1.82) is 0 Å². The molecular formula is C8H12O3. The van der Waals surface area contributed by atoms with E-state index in [4.69, 9.17) is 4.74 Å². The Labute approximate surface area is 66.0 Å². The zero-order valence-electron chi connectivity index (χ0n) is 6.58. The Morgan fingerprint density at radius 2 is 2.55 bits per heavy atom. The molecular weight excluding hydrogens is 144 g/mol. The van der Waals surface area contributed by atoms with E-state index in [1.165, 1.54) is 13.2 Å². The van der Waals surface area contributed by atoms with E-state index in [0.717, 1.165) is 19.6 Å². The molecule has 62 valence electrons. The fourth-order valence-corrected chi connectivity index (χ4v) is 0.987. The molecule has 1 heterocycles. The van der Waals surface area contributed by atoms with Crippen molar-refractivity contribution in [1.82, 2.24) is 0 Å². The number of methoxy groups -OCH3 is 1. The standard InChI is InChI=1S/C8H12O3/c1-10-8(9)3-2-7-4-5-11-6-7/h2-3,7H,4-6H2,1H3/b3-2+/t7-/m1/s1. The van der Waals surface area contributed by atoms with E-state index in [1.54, 1.807) is 0 Å². The Morgan fingerprint density at radius 1 is 1.73 bits per heavy atom. The van der Waals surface area contributed by atoms with E-state index in [0.29, 0.717) is 5.92 Å². The van der Waals surface area contributed by atoms with Gasteiger partial charge in [-0.1, -0.05) is 6.08 Å². The zero-order valence-corrected chi connectivity index (χ0v) is 6.58. The van der Waals surface area contributed by atoms with Gasteiger partial charge in [-0.25, -0.2) is 4.79 Å². The lowest BCUT2D eigenvalue weighted by Crippen LogP contribution is -1.98. The summed E-state index contributed by atoms with van der Waals surface area (Å²) >= 11 is 0. The third kappa shape index (κ3) is 2.72. The number of esters is 1. The molecule has 1 aliphatic rings. The molecule has 0 saturated carbocycles. The van der Waals surface area contributed by atoms with E-state index < -0.39 is 0 Å². The van der Waals surface area contributed by atoms with Gasteiger partial charge in [0.25, 0.3) is 0 Å². The lowest BCUT2D eigenvalue weighted by molar-refractivity contribution is -0.134. The maximum Gasteiger partial charge on any atom is 0.330 e. The summed E-state index contributed by atoms with van der Waals surface area (Å²) in [6.45, 7) is 1.53. The molecule has 0 unspecified atom stereocenters. The second-order valence-corrected chi connectivity index (χ2v) is 2.51. The number of hydrogen-bond acceptors (Lipinski definition) is 3. The van der Waals surface area contributed by atoms with E-state index in [-0.39, 0.29) is 5.97 Å². The molecule has 3 heteroatoms. The number of carbonyl (C=O) groups excluding carboxylic acids is 1. The van der Waals surface area contributed by atoms with Crippen LogP contribution in [0.15, 0.2) is 12.2 Å². The van der Waals surface area contributed by atoms with Crippen LogP contribution in [0.25, 0.3) is 0 Å². The van der Waals surface area contributed by atoms with Gasteiger partial charge in [0.05, 0.1) is 13.7 Å². The van der Waals surface area contributed by atoms with Crippen molar-refractivity contribution in [2.45, 2.75) is 6.42 Å². The summed E-state index contributed by atoms with van der Waals surface area (Å²) in [4.78, 5) is 10.6. The molecule has 1 aliphatic heterocycles. The largest absolute Gasteiger partial charge is 0.466 e. The Morgan fingerprint density at radius 3 is 3.09 bits per heavy atom. The SMILES string of the molecule is COC(=O)/C=C/[C@@H]1CCOC1. The zero-order chi connectivity index (χ0) is 8.10. The normalized spacial score (nSPS) is 24.3. The van der Waals surface area contributed by atoms with Crippen LogP contribution in [0.5, 0.6) is 0 Å². The van der Waals surface area contributed by atoms with Gasteiger partial charge in [0, 0.05) is 18.6 Å². The van der Waals surface area contributed by atoms with E-state index in [1.807, 2.05) is 6.08 Å². The van der Waals surface area contributed by atoms with Gasteiger partial charge in [0.2, 0.25) is 0 Å². The second-order valence-electron chi connectivity index (χ2n) is 2.51.